The van der Waals surface area contributed by atoms with Crippen LogP contribution in [0, 0.1) is 11.8 Å². The molecule has 0 aliphatic carbocycles. The molecular weight excluding hydrogens is 708 g/mol. The van der Waals surface area contributed by atoms with Crippen molar-refractivity contribution in [2.24, 2.45) is 17.6 Å². The number of carbonyl (C=O) groups is 8. The summed E-state index contributed by atoms with van der Waals surface area (Å²) in [6.07, 6.45) is -0.795. The molecule has 3 atom stereocenters. The molecule has 1 heterocycles. The summed E-state index contributed by atoms with van der Waals surface area (Å²) in [5, 5.41) is 8.34. The minimum Gasteiger partial charge on any atom is -0.461 e. The summed E-state index contributed by atoms with van der Waals surface area (Å²) in [5.74, 6) is -6.37. The normalized spacial score (nSPS) is 15.5. The first-order chi connectivity index (χ1) is 24.3. The summed E-state index contributed by atoms with van der Waals surface area (Å²) in [5.41, 5.74) is 6.20. The highest BCUT2D eigenvalue weighted by atomic mass is 32.2. The Labute approximate surface area is 300 Å². The Morgan fingerprint density at radius 1 is 0.942 bits per heavy atom. The van der Waals surface area contributed by atoms with Gasteiger partial charge in [0, 0.05) is 25.1 Å². The van der Waals surface area contributed by atoms with Gasteiger partial charge in [-0.05, 0) is 49.3 Å². The maximum absolute atomic E-state index is 13.4. The first kappa shape index (κ1) is 43.1. The topological polar surface area (TPSA) is 287 Å². The summed E-state index contributed by atoms with van der Waals surface area (Å²) in [6.45, 7) is 6.97. The van der Waals surface area contributed by atoms with E-state index < -0.39 is 81.3 Å². The van der Waals surface area contributed by atoms with Crippen molar-refractivity contribution in [3.05, 3.63) is 29.8 Å². The van der Waals surface area contributed by atoms with Crippen LogP contribution in [0.25, 0.3) is 0 Å². The Bertz CT molecular complexity index is 1600. The molecule has 2 rings (SSSR count). The highest BCUT2D eigenvalue weighted by Gasteiger charge is 2.48. The molecule has 20 heteroatoms. The zero-order valence-electron chi connectivity index (χ0n) is 29.3. The maximum Gasteiger partial charge on any atom is 0.333 e. The van der Waals surface area contributed by atoms with Crippen molar-refractivity contribution in [2.75, 3.05) is 11.9 Å². The van der Waals surface area contributed by atoms with Crippen LogP contribution in [0.3, 0.4) is 0 Å². The zero-order chi connectivity index (χ0) is 39.2. The molecule has 0 aromatic heterocycles. The monoisotopic (exact) mass is 754 g/mol. The lowest BCUT2D eigenvalue weighted by Gasteiger charge is -2.25. The Balaban J connectivity index is 1.94. The maximum atomic E-state index is 13.4. The molecule has 19 nitrogen and oxygen atoms in total. The minimum absolute atomic E-state index is 0.00778. The molecule has 1 aliphatic heterocycles. The molecular formula is C32H46N6O13S. The standard InChI is InChI=1S/C32H46N6O13S/c1-18(2)27(37-24(39)9-5-6-10-26(41)51-38-25(40)16-23(30(38)44)52(47,48)49)29(43)36-22(8-7-15-34-32(33)46)28(42)35-21-13-11-20(12-14-21)17-50-31(45)19(3)4/h11-14,18-19,22-23,27H,5-10,15-17H2,1-4H3,(H,35,42)(H,36,43)(H,37,39)(H3,33,34,46)(H,47,48,49)/t22-,23?,27-/m0/s1. The number of rotatable bonds is 20. The van der Waals surface area contributed by atoms with E-state index in [1.807, 2.05) is 0 Å². The molecule has 7 amide bonds. The lowest BCUT2D eigenvalue weighted by atomic mass is 10.0. The van der Waals surface area contributed by atoms with Crippen molar-refractivity contribution in [2.45, 2.75) is 96.6 Å². The number of urea groups is 1. The van der Waals surface area contributed by atoms with E-state index in [0.29, 0.717) is 11.3 Å². The number of benzene rings is 1. The molecule has 7 N–H and O–H groups in total. The molecule has 1 aliphatic rings. The fourth-order valence-electron chi connectivity index (χ4n) is 4.68. The lowest BCUT2D eigenvalue weighted by molar-refractivity contribution is -0.197. The van der Waals surface area contributed by atoms with Crippen LogP contribution in [-0.4, -0.2) is 89.4 Å². The van der Waals surface area contributed by atoms with Crippen LogP contribution in [0.2, 0.25) is 0 Å². The summed E-state index contributed by atoms with van der Waals surface area (Å²) in [4.78, 5) is 103. The highest BCUT2D eigenvalue weighted by molar-refractivity contribution is 7.87. The van der Waals surface area contributed by atoms with E-state index in [2.05, 4.69) is 26.1 Å². The van der Waals surface area contributed by atoms with E-state index in [-0.39, 0.29) is 68.6 Å². The van der Waals surface area contributed by atoms with Crippen molar-refractivity contribution in [3.8, 4) is 0 Å². The van der Waals surface area contributed by atoms with Crippen LogP contribution >= 0.6 is 0 Å². The van der Waals surface area contributed by atoms with Crippen molar-refractivity contribution >= 4 is 63.3 Å². The van der Waals surface area contributed by atoms with E-state index in [4.69, 9.17) is 15.0 Å². The second-order valence-corrected chi connectivity index (χ2v) is 14.2. The number of imide groups is 1. The number of anilines is 1. The van der Waals surface area contributed by atoms with Gasteiger partial charge in [0.25, 0.3) is 21.9 Å². The van der Waals surface area contributed by atoms with Gasteiger partial charge in [-0.2, -0.15) is 8.42 Å². The van der Waals surface area contributed by atoms with Crippen LogP contribution in [0.4, 0.5) is 10.5 Å². The first-order valence-corrected chi connectivity index (χ1v) is 18.0. The number of esters is 1. The van der Waals surface area contributed by atoms with E-state index >= 15 is 0 Å². The van der Waals surface area contributed by atoms with Crippen LogP contribution in [-0.2, 0) is 59.9 Å². The van der Waals surface area contributed by atoms with E-state index in [9.17, 15) is 46.8 Å². The SMILES string of the molecule is CC(C)C(=O)OCc1ccc(NC(=O)[C@H](CCCNC(N)=O)NC(=O)[C@@H](NC(=O)CCCCC(=O)ON2C(=O)CC(S(=O)(=O)O)C2=O)C(C)C)cc1. The van der Waals surface area contributed by atoms with Crippen LogP contribution in [0.5, 0.6) is 0 Å². The number of primary amides is 1. The van der Waals surface area contributed by atoms with Gasteiger partial charge in [0.05, 0.1) is 12.3 Å². The molecule has 1 fully saturated rings. The lowest BCUT2D eigenvalue weighted by Crippen LogP contribution is -2.54. The molecule has 1 aromatic carbocycles. The third kappa shape index (κ3) is 14.3. The van der Waals surface area contributed by atoms with Crippen molar-refractivity contribution in [3.63, 3.8) is 0 Å². The number of hydrogen-bond donors (Lipinski definition) is 6. The number of hydrogen-bond acceptors (Lipinski definition) is 12. The number of unbranched alkanes of at least 4 members (excludes halogenated alkanes) is 1. The predicted molar refractivity (Wildman–Crippen MR) is 182 cm³/mol. The molecule has 1 saturated heterocycles. The number of nitrogens with two attached hydrogens (primary N) is 1. The van der Waals surface area contributed by atoms with Crippen molar-refractivity contribution in [1.82, 2.24) is 21.0 Å². The summed E-state index contributed by atoms with van der Waals surface area (Å²) in [6, 6.07) is 3.63. The summed E-state index contributed by atoms with van der Waals surface area (Å²) >= 11 is 0. The van der Waals surface area contributed by atoms with Gasteiger partial charge in [-0.15, -0.1) is 5.06 Å². The van der Waals surface area contributed by atoms with Crippen molar-refractivity contribution in [1.29, 1.82) is 0 Å². The Kier molecular flexibility index (Phi) is 16.6. The number of nitrogens with zero attached hydrogens (tertiary/aromatic N) is 1. The van der Waals surface area contributed by atoms with Gasteiger partial charge in [-0.1, -0.05) is 39.8 Å². The molecule has 0 radical (unpaired) electrons. The van der Waals surface area contributed by atoms with Crippen LogP contribution < -0.4 is 27.0 Å². The molecule has 1 aromatic rings. The largest absolute Gasteiger partial charge is 0.461 e. The van der Waals surface area contributed by atoms with Gasteiger partial charge >= 0.3 is 18.0 Å². The first-order valence-electron chi connectivity index (χ1n) is 16.5. The molecule has 0 saturated carbocycles. The number of hydroxylamine groups is 2. The Morgan fingerprint density at radius 2 is 1.58 bits per heavy atom. The molecule has 52 heavy (non-hydrogen) atoms. The van der Waals surface area contributed by atoms with E-state index in [1.54, 1.807) is 52.0 Å². The number of nitrogens with one attached hydrogen (secondary N) is 4. The van der Waals surface area contributed by atoms with Gasteiger partial charge in [0.2, 0.25) is 17.7 Å². The van der Waals surface area contributed by atoms with Gasteiger partial charge in [-0.25, -0.2) is 9.59 Å². The molecule has 1 unspecified atom stereocenters. The summed E-state index contributed by atoms with van der Waals surface area (Å²) in [7, 11) is -4.87. The van der Waals surface area contributed by atoms with Gasteiger partial charge in [0.15, 0.2) is 5.25 Å². The van der Waals surface area contributed by atoms with E-state index in [1.165, 1.54) is 0 Å². The third-order valence-corrected chi connectivity index (χ3v) is 8.68. The zero-order valence-corrected chi connectivity index (χ0v) is 30.2. The van der Waals surface area contributed by atoms with Gasteiger partial charge in [-0.3, -0.25) is 33.3 Å². The highest BCUT2D eigenvalue weighted by Crippen LogP contribution is 2.20. The number of ether oxygens (including phenoxy) is 1. The Morgan fingerprint density at radius 3 is 2.13 bits per heavy atom. The van der Waals surface area contributed by atoms with Gasteiger partial charge in [0.1, 0.15) is 18.7 Å². The minimum atomic E-state index is -4.87. The fraction of sp³-hybridized carbons (Fsp3) is 0.562. The fourth-order valence-corrected chi connectivity index (χ4v) is 5.38. The van der Waals surface area contributed by atoms with Crippen LogP contribution in [0.15, 0.2) is 24.3 Å². The van der Waals surface area contributed by atoms with E-state index in [0.717, 1.165) is 0 Å². The Hall–Kier alpha value is -5.11. The number of carbonyl (C=O) groups excluding carboxylic acids is 8. The predicted octanol–water partition coefficient (Wildman–Crippen LogP) is 0.432. The van der Waals surface area contributed by atoms with Gasteiger partial charge < -0.3 is 36.6 Å². The van der Waals surface area contributed by atoms with Crippen molar-refractivity contribution < 1.29 is 60.9 Å². The molecule has 0 spiro atoms. The smallest absolute Gasteiger partial charge is 0.333 e. The third-order valence-electron chi connectivity index (χ3n) is 7.59. The quantitative estimate of drug-likeness (QED) is 0.0456. The van der Waals surface area contributed by atoms with Crippen LogP contribution in [0.1, 0.15) is 78.2 Å². The average Bonchev–Trinajstić information content (AvgIpc) is 3.34. The second kappa shape index (κ2) is 20.1. The molecule has 0 bridgehead atoms. The average molecular weight is 755 g/mol. The second-order valence-electron chi connectivity index (χ2n) is 12.6. The number of amides is 7. The molecule has 288 valence electrons. The summed E-state index contributed by atoms with van der Waals surface area (Å²) < 4.78 is 36.8.